The lowest BCUT2D eigenvalue weighted by Crippen LogP contribution is -2.15. The Bertz CT molecular complexity index is 720. The molecule has 0 spiro atoms. The maximum Gasteiger partial charge on any atom is 0.269 e. The number of hydrogen-bond donors (Lipinski definition) is 1. The molecule has 0 aromatic heterocycles. The zero-order valence-electron chi connectivity index (χ0n) is 12.4. The summed E-state index contributed by atoms with van der Waals surface area (Å²) in [5.74, 6) is 0.797. The standard InChI is InChI=1S/C16H15ClN2O3S/c1-11-2-5-13(17)8-15(11)18-16(20)10-23-9-12-3-6-14(7-4-12)19(21)22/h2-8H,9-10H2,1H3,(H,18,20). The lowest BCUT2D eigenvalue weighted by molar-refractivity contribution is -0.384. The highest BCUT2D eigenvalue weighted by molar-refractivity contribution is 7.99. The minimum Gasteiger partial charge on any atom is -0.325 e. The van der Waals surface area contributed by atoms with Gasteiger partial charge in [-0.2, -0.15) is 0 Å². The number of nitrogens with one attached hydrogen (secondary N) is 1. The molecule has 0 radical (unpaired) electrons. The van der Waals surface area contributed by atoms with Crippen LogP contribution in [0.1, 0.15) is 11.1 Å². The number of carbonyl (C=O) groups excluding carboxylic acids is 1. The molecular weight excluding hydrogens is 336 g/mol. The van der Waals surface area contributed by atoms with Gasteiger partial charge in [-0.1, -0.05) is 29.8 Å². The van der Waals surface area contributed by atoms with Gasteiger partial charge < -0.3 is 5.32 Å². The van der Waals surface area contributed by atoms with E-state index in [0.29, 0.717) is 22.2 Å². The summed E-state index contributed by atoms with van der Waals surface area (Å²) in [5.41, 5.74) is 2.65. The Hall–Kier alpha value is -2.05. The lowest BCUT2D eigenvalue weighted by atomic mass is 10.2. The second-order valence-electron chi connectivity index (χ2n) is 4.92. The molecule has 0 atom stereocenters. The van der Waals surface area contributed by atoms with E-state index in [1.165, 1.54) is 23.9 Å². The topological polar surface area (TPSA) is 72.2 Å². The van der Waals surface area contributed by atoms with E-state index in [1.54, 1.807) is 24.3 Å². The molecule has 2 aromatic carbocycles. The fourth-order valence-electron chi connectivity index (χ4n) is 1.89. The minimum absolute atomic E-state index is 0.0629. The highest BCUT2D eigenvalue weighted by Gasteiger charge is 2.07. The van der Waals surface area contributed by atoms with Gasteiger partial charge in [-0.3, -0.25) is 14.9 Å². The Balaban J connectivity index is 1.82. The third-order valence-corrected chi connectivity index (χ3v) is 4.36. The second kappa shape index (κ2) is 7.99. The molecule has 0 heterocycles. The Morgan fingerprint density at radius 3 is 2.61 bits per heavy atom. The van der Waals surface area contributed by atoms with Gasteiger partial charge in [-0.15, -0.1) is 11.8 Å². The van der Waals surface area contributed by atoms with Crippen LogP contribution in [0.3, 0.4) is 0 Å². The number of nitrogens with zero attached hydrogens (tertiary/aromatic N) is 1. The van der Waals surface area contributed by atoms with Gasteiger partial charge in [-0.25, -0.2) is 0 Å². The van der Waals surface area contributed by atoms with Gasteiger partial charge >= 0.3 is 0 Å². The summed E-state index contributed by atoms with van der Waals surface area (Å²) < 4.78 is 0. The number of hydrogen-bond acceptors (Lipinski definition) is 4. The van der Waals surface area contributed by atoms with E-state index in [4.69, 9.17) is 11.6 Å². The average Bonchev–Trinajstić information content (AvgIpc) is 2.51. The van der Waals surface area contributed by atoms with Crippen molar-refractivity contribution >= 4 is 40.6 Å². The van der Waals surface area contributed by atoms with E-state index in [0.717, 1.165) is 11.1 Å². The number of benzene rings is 2. The smallest absolute Gasteiger partial charge is 0.269 e. The molecule has 0 aliphatic carbocycles. The summed E-state index contributed by atoms with van der Waals surface area (Å²) in [5, 5.41) is 14.0. The van der Waals surface area contributed by atoms with Crippen LogP contribution >= 0.6 is 23.4 Å². The van der Waals surface area contributed by atoms with Crippen LogP contribution < -0.4 is 5.32 Å². The van der Waals surface area contributed by atoms with Crippen molar-refractivity contribution in [1.82, 2.24) is 0 Å². The van der Waals surface area contributed by atoms with Crippen LogP contribution in [0.15, 0.2) is 42.5 Å². The first-order valence-corrected chi connectivity index (χ1v) is 8.36. The van der Waals surface area contributed by atoms with E-state index in [9.17, 15) is 14.9 Å². The molecule has 1 N–H and O–H groups in total. The summed E-state index contributed by atoms with van der Waals surface area (Å²) in [4.78, 5) is 22.1. The molecule has 0 saturated carbocycles. The molecule has 0 fully saturated rings. The number of rotatable bonds is 6. The van der Waals surface area contributed by atoms with Crippen molar-refractivity contribution in [3.8, 4) is 0 Å². The van der Waals surface area contributed by atoms with E-state index >= 15 is 0 Å². The Morgan fingerprint density at radius 1 is 1.26 bits per heavy atom. The van der Waals surface area contributed by atoms with Gasteiger partial charge in [0.2, 0.25) is 5.91 Å². The molecule has 2 rings (SSSR count). The molecule has 23 heavy (non-hydrogen) atoms. The molecule has 0 saturated heterocycles. The summed E-state index contributed by atoms with van der Waals surface area (Å²) in [7, 11) is 0. The number of thioether (sulfide) groups is 1. The predicted octanol–water partition coefficient (Wildman–Crippen LogP) is 4.43. The van der Waals surface area contributed by atoms with Crippen LogP contribution in [-0.2, 0) is 10.5 Å². The first-order valence-electron chi connectivity index (χ1n) is 6.83. The van der Waals surface area contributed by atoms with Gasteiger partial charge in [0.25, 0.3) is 5.69 Å². The Labute approximate surface area is 143 Å². The maximum atomic E-state index is 11.9. The van der Waals surface area contributed by atoms with E-state index in [-0.39, 0.29) is 11.6 Å². The number of anilines is 1. The lowest BCUT2D eigenvalue weighted by Gasteiger charge is -2.08. The van der Waals surface area contributed by atoms with Crippen LogP contribution in [0, 0.1) is 17.0 Å². The number of nitro groups is 1. The van der Waals surface area contributed by atoms with Crippen molar-refractivity contribution in [2.45, 2.75) is 12.7 Å². The van der Waals surface area contributed by atoms with E-state index < -0.39 is 4.92 Å². The van der Waals surface area contributed by atoms with Crippen molar-refractivity contribution in [2.24, 2.45) is 0 Å². The zero-order chi connectivity index (χ0) is 16.8. The van der Waals surface area contributed by atoms with Gasteiger partial charge in [0.1, 0.15) is 0 Å². The van der Waals surface area contributed by atoms with E-state index in [2.05, 4.69) is 5.32 Å². The van der Waals surface area contributed by atoms with Crippen LogP contribution in [0.5, 0.6) is 0 Å². The van der Waals surface area contributed by atoms with Gasteiger partial charge in [0.15, 0.2) is 0 Å². The SMILES string of the molecule is Cc1ccc(Cl)cc1NC(=O)CSCc1ccc([N+](=O)[O-])cc1. The number of non-ortho nitro benzene ring substituents is 1. The monoisotopic (exact) mass is 350 g/mol. The third-order valence-electron chi connectivity index (χ3n) is 3.12. The zero-order valence-corrected chi connectivity index (χ0v) is 14.0. The molecular formula is C16H15ClN2O3S. The molecule has 120 valence electrons. The Morgan fingerprint density at radius 2 is 1.96 bits per heavy atom. The summed E-state index contributed by atoms with van der Waals surface area (Å²) in [6, 6.07) is 11.7. The molecule has 0 bridgehead atoms. The van der Waals surface area contributed by atoms with Gasteiger partial charge in [-0.05, 0) is 30.2 Å². The van der Waals surface area contributed by atoms with Crippen LogP contribution in [-0.4, -0.2) is 16.6 Å². The summed E-state index contributed by atoms with van der Waals surface area (Å²) in [6.45, 7) is 1.90. The highest BCUT2D eigenvalue weighted by Crippen LogP contribution is 2.21. The van der Waals surface area contributed by atoms with Crippen molar-refractivity contribution in [3.63, 3.8) is 0 Å². The molecule has 1 amide bonds. The van der Waals surface area contributed by atoms with E-state index in [1.807, 2.05) is 13.0 Å². The van der Waals surface area contributed by atoms with Gasteiger partial charge in [0, 0.05) is 28.6 Å². The molecule has 5 nitrogen and oxygen atoms in total. The van der Waals surface area contributed by atoms with Gasteiger partial charge in [0.05, 0.1) is 10.7 Å². The number of halogens is 1. The Kier molecular flexibility index (Phi) is 6.01. The largest absolute Gasteiger partial charge is 0.325 e. The summed E-state index contributed by atoms with van der Waals surface area (Å²) >= 11 is 7.36. The quantitative estimate of drug-likeness (QED) is 0.618. The molecule has 7 heteroatoms. The van der Waals surface area contributed by atoms with Crippen LogP contribution in [0.4, 0.5) is 11.4 Å². The van der Waals surface area contributed by atoms with Crippen molar-refractivity contribution in [2.75, 3.05) is 11.1 Å². The number of nitro benzene ring substituents is 1. The van der Waals surface area contributed by atoms with Crippen LogP contribution in [0.2, 0.25) is 5.02 Å². The molecule has 2 aromatic rings. The molecule has 0 aliphatic heterocycles. The van der Waals surface area contributed by atoms with Crippen molar-refractivity contribution in [3.05, 3.63) is 68.7 Å². The van der Waals surface area contributed by atoms with Crippen molar-refractivity contribution < 1.29 is 9.72 Å². The third kappa shape index (κ3) is 5.26. The van der Waals surface area contributed by atoms with Crippen LogP contribution in [0.25, 0.3) is 0 Å². The number of amides is 1. The number of aryl methyl sites for hydroxylation is 1. The fourth-order valence-corrected chi connectivity index (χ4v) is 2.85. The average molecular weight is 351 g/mol. The predicted molar refractivity (Wildman–Crippen MR) is 94.1 cm³/mol. The second-order valence-corrected chi connectivity index (χ2v) is 6.35. The number of carbonyl (C=O) groups is 1. The van der Waals surface area contributed by atoms with Crippen molar-refractivity contribution in [1.29, 1.82) is 0 Å². The normalized spacial score (nSPS) is 10.3. The maximum absolute atomic E-state index is 11.9. The first kappa shape index (κ1) is 17.3. The first-order chi connectivity index (χ1) is 11.0. The summed E-state index contributed by atoms with van der Waals surface area (Å²) in [6.07, 6.45) is 0. The fraction of sp³-hybridized carbons (Fsp3) is 0.188. The molecule has 0 unspecified atom stereocenters. The molecule has 0 aliphatic rings. The highest BCUT2D eigenvalue weighted by atomic mass is 35.5. The minimum atomic E-state index is -0.433.